The van der Waals surface area contributed by atoms with Crippen LogP contribution in [-0.4, -0.2) is 8.42 Å². The number of sulfonamides is 1. The maximum atomic E-state index is 13.4. The maximum Gasteiger partial charge on any atom is 0.241 e. The lowest BCUT2D eigenvalue weighted by Gasteiger charge is -2.15. The van der Waals surface area contributed by atoms with E-state index in [0.29, 0.717) is 0 Å². The van der Waals surface area contributed by atoms with E-state index in [1.54, 1.807) is 19.1 Å². The first-order valence-corrected chi connectivity index (χ1v) is 8.40. The van der Waals surface area contributed by atoms with Crippen molar-refractivity contribution in [1.29, 1.82) is 0 Å². The van der Waals surface area contributed by atoms with Gasteiger partial charge >= 0.3 is 0 Å². The fourth-order valence-corrected chi connectivity index (χ4v) is 3.30. The molecule has 4 nitrogen and oxygen atoms in total. The number of hydrogen-bond acceptors (Lipinski definition) is 3. The van der Waals surface area contributed by atoms with Gasteiger partial charge < -0.3 is 5.73 Å². The molecule has 0 aromatic heterocycles. The van der Waals surface area contributed by atoms with E-state index in [-0.39, 0.29) is 10.6 Å². The molecule has 0 spiro atoms. The van der Waals surface area contributed by atoms with Crippen molar-refractivity contribution in [2.45, 2.75) is 17.9 Å². The zero-order chi connectivity index (χ0) is 15.6. The molecule has 0 unspecified atom stereocenters. The number of rotatable bonds is 4. The minimum absolute atomic E-state index is 0.0880. The quantitative estimate of drug-likeness (QED) is 0.809. The fourth-order valence-electron chi connectivity index (χ4n) is 1.80. The Morgan fingerprint density at radius 2 is 1.81 bits per heavy atom. The van der Waals surface area contributed by atoms with Crippen molar-refractivity contribution >= 4 is 31.6 Å². The van der Waals surface area contributed by atoms with Gasteiger partial charge in [0.05, 0.1) is 10.6 Å². The van der Waals surface area contributed by atoms with Gasteiger partial charge in [-0.15, -0.1) is 0 Å². The molecule has 0 aliphatic heterocycles. The number of anilines is 1. The molecule has 2 aromatic rings. The standard InChI is InChI=1S/C14H14BrFN2O2S/c1-9(10-2-4-11(15)5-3-10)18-21(19,20)12-6-7-14(17)13(16)8-12/h2-9,18H,17H2,1H3/t9-/m1/s1. The van der Waals surface area contributed by atoms with Crippen LogP contribution in [0.5, 0.6) is 0 Å². The van der Waals surface area contributed by atoms with E-state index < -0.39 is 21.9 Å². The van der Waals surface area contributed by atoms with Crippen molar-refractivity contribution in [2.75, 3.05) is 5.73 Å². The van der Waals surface area contributed by atoms with Gasteiger partial charge in [0.2, 0.25) is 10.0 Å². The van der Waals surface area contributed by atoms with Crippen molar-refractivity contribution in [2.24, 2.45) is 0 Å². The van der Waals surface area contributed by atoms with Crippen molar-refractivity contribution in [3.8, 4) is 0 Å². The first kappa shape index (κ1) is 15.9. The summed E-state index contributed by atoms with van der Waals surface area (Å²) in [4.78, 5) is -0.154. The third-order valence-electron chi connectivity index (χ3n) is 2.98. The maximum absolute atomic E-state index is 13.4. The molecule has 3 N–H and O–H groups in total. The lowest BCUT2D eigenvalue weighted by molar-refractivity contribution is 0.564. The first-order chi connectivity index (χ1) is 9.79. The topological polar surface area (TPSA) is 72.2 Å². The molecule has 0 bridgehead atoms. The van der Waals surface area contributed by atoms with Gasteiger partial charge in [-0.25, -0.2) is 17.5 Å². The van der Waals surface area contributed by atoms with E-state index in [2.05, 4.69) is 20.7 Å². The fraction of sp³-hybridized carbons (Fsp3) is 0.143. The summed E-state index contributed by atoms with van der Waals surface area (Å²) < 4.78 is 41.2. The van der Waals surface area contributed by atoms with Crippen molar-refractivity contribution in [1.82, 2.24) is 4.72 Å². The zero-order valence-corrected chi connectivity index (χ0v) is 13.6. The summed E-state index contributed by atoms with van der Waals surface area (Å²) in [5.74, 6) is -0.755. The molecule has 0 saturated carbocycles. The third kappa shape index (κ3) is 3.81. The Morgan fingerprint density at radius 1 is 1.19 bits per heavy atom. The summed E-state index contributed by atoms with van der Waals surface area (Å²) in [6.07, 6.45) is 0. The number of benzene rings is 2. The van der Waals surface area contributed by atoms with Gasteiger partial charge in [0.1, 0.15) is 5.82 Å². The predicted molar refractivity (Wildman–Crippen MR) is 83.7 cm³/mol. The molecule has 1 atom stereocenters. The van der Waals surface area contributed by atoms with Crippen LogP contribution in [0.3, 0.4) is 0 Å². The molecule has 0 radical (unpaired) electrons. The lowest BCUT2D eigenvalue weighted by Crippen LogP contribution is -2.27. The van der Waals surface area contributed by atoms with Crippen LogP contribution < -0.4 is 10.5 Å². The van der Waals surface area contributed by atoms with Gasteiger partial charge in [0, 0.05) is 10.5 Å². The van der Waals surface area contributed by atoms with E-state index >= 15 is 0 Å². The van der Waals surface area contributed by atoms with Crippen molar-refractivity contribution in [3.63, 3.8) is 0 Å². The summed E-state index contributed by atoms with van der Waals surface area (Å²) in [6.45, 7) is 1.72. The molecule has 0 aliphatic rings. The molecule has 7 heteroatoms. The van der Waals surface area contributed by atoms with Crippen LogP contribution in [0.4, 0.5) is 10.1 Å². The van der Waals surface area contributed by atoms with Gasteiger partial charge in [0.15, 0.2) is 0 Å². The second-order valence-electron chi connectivity index (χ2n) is 4.58. The predicted octanol–water partition coefficient (Wildman–Crippen LogP) is 3.21. The van der Waals surface area contributed by atoms with E-state index in [9.17, 15) is 12.8 Å². The Morgan fingerprint density at radius 3 is 2.38 bits per heavy atom. The van der Waals surface area contributed by atoms with Gasteiger partial charge in [-0.1, -0.05) is 28.1 Å². The summed E-state index contributed by atoms with van der Waals surface area (Å²) >= 11 is 3.32. The van der Waals surface area contributed by atoms with E-state index in [4.69, 9.17) is 5.73 Å². The van der Waals surface area contributed by atoms with Crippen LogP contribution in [0.2, 0.25) is 0 Å². The van der Waals surface area contributed by atoms with Crippen LogP contribution in [0.25, 0.3) is 0 Å². The summed E-state index contributed by atoms with van der Waals surface area (Å²) in [5, 5.41) is 0. The Kier molecular flexibility index (Phi) is 4.65. The second-order valence-corrected chi connectivity index (χ2v) is 7.21. The Labute approximate surface area is 131 Å². The highest BCUT2D eigenvalue weighted by atomic mass is 79.9. The molecule has 2 rings (SSSR count). The molecule has 0 fully saturated rings. The molecule has 21 heavy (non-hydrogen) atoms. The molecule has 112 valence electrons. The molecule has 0 amide bonds. The summed E-state index contributed by atoms with van der Waals surface area (Å²) in [5.41, 5.74) is 6.06. The Balaban J connectivity index is 2.24. The van der Waals surface area contributed by atoms with Gasteiger partial charge in [-0.3, -0.25) is 0 Å². The van der Waals surface area contributed by atoms with Crippen LogP contribution in [0.1, 0.15) is 18.5 Å². The van der Waals surface area contributed by atoms with Crippen LogP contribution in [0.15, 0.2) is 51.8 Å². The van der Waals surface area contributed by atoms with Crippen molar-refractivity contribution < 1.29 is 12.8 Å². The average molecular weight is 373 g/mol. The zero-order valence-electron chi connectivity index (χ0n) is 11.2. The minimum atomic E-state index is -3.81. The first-order valence-electron chi connectivity index (χ1n) is 6.12. The molecule has 0 aliphatic carbocycles. The van der Waals surface area contributed by atoms with E-state index in [1.165, 1.54) is 12.1 Å². The third-order valence-corrected chi connectivity index (χ3v) is 5.05. The Hall–Kier alpha value is -1.44. The Bertz CT molecular complexity index is 748. The highest BCUT2D eigenvalue weighted by Crippen LogP contribution is 2.21. The molecule has 0 saturated heterocycles. The lowest BCUT2D eigenvalue weighted by atomic mass is 10.1. The minimum Gasteiger partial charge on any atom is -0.396 e. The van der Waals surface area contributed by atoms with Gasteiger partial charge in [-0.05, 0) is 42.8 Å². The number of nitrogens with two attached hydrogens (primary N) is 1. The average Bonchev–Trinajstić information content (AvgIpc) is 2.42. The number of hydrogen-bond donors (Lipinski definition) is 2. The number of halogens is 2. The smallest absolute Gasteiger partial charge is 0.241 e. The number of nitrogens with one attached hydrogen (secondary N) is 1. The largest absolute Gasteiger partial charge is 0.396 e. The second kappa shape index (κ2) is 6.13. The summed E-state index contributed by atoms with van der Waals surface area (Å²) in [6, 6.07) is 10.2. The van der Waals surface area contributed by atoms with Crippen molar-refractivity contribution in [3.05, 3.63) is 58.3 Å². The SMILES string of the molecule is C[C@@H](NS(=O)(=O)c1ccc(N)c(F)c1)c1ccc(Br)cc1. The monoisotopic (exact) mass is 372 g/mol. The molecular formula is C14H14BrFN2O2S. The highest BCUT2D eigenvalue weighted by Gasteiger charge is 2.19. The summed E-state index contributed by atoms with van der Waals surface area (Å²) in [7, 11) is -3.81. The highest BCUT2D eigenvalue weighted by molar-refractivity contribution is 9.10. The van der Waals surface area contributed by atoms with Crippen LogP contribution in [-0.2, 0) is 10.0 Å². The van der Waals surface area contributed by atoms with Gasteiger partial charge in [0.25, 0.3) is 0 Å². The van der Waals surface area contributed by atoms with E-state index in [1.807, 2.05) is 12.1 Å². The molecular weight excluding hydrogens is 359 g/mol. The molecule has 2 aromatic carbocycles. The van der Waals surface area contributed by atoms with E-state index in [0.717, 1.165) is 16.1 Å². The normalized spacial score (nSPS) is 13.1. The molecule has 0 heterocycles. The number of nitrogen functional groups attached to an aromatic ring is 1. The van der Waals surface area contributed by atoms with Crippen LogP contribution >= 0.6 is 15.9 Å². The van der Waals surface area contributed by atoms with Gasteiger partial charge in [-0.2, -0.15) is 0 Å². The van der Waals surface area contributed by atoms with Crippen LogP contribution in [0, 0.1) is 5.82 Å².